The molecule has 0 atom stereocenters. The topological polar surface area (TPSA) is 240 Å². The monoisotopic (exact) mass is 481 g/mol. The minimum atomic E-state index is -4.94. The lowest BCUT2D eigenvalue weighted by Crippen LogP contribution is -2.42. The van der Waals surface area contributed by atoms with Gasteiger partial charge in [0.25, 0.3) is 0 Å². The van der Waals surface area contributed by atoms with Crippen molar-refractivity contribution in [3.63, 3.8) is 0 Å². The first-order valence-corrected chi connectivity index (χ1v) is 11.7. The summed E-state index contributed by atoms with van der Waals surface area (Å²) >= 11 is 0. The number of carbonyl (C=O) groups excluding carboxylic acids is 1. The molecular weight excluding hydrogens is 466 g/mol. The number of nitrogens with two attached hydrogens (primary N) is 3. The summed E-state index contributed by atoms with van der Waals surface area (Å²) in [5.74, 6) is 0. The lowest BCUT2D eigenvalue weighted by Gasteiger charge is -2.11. The van der Waals surface area contributed by atoms with Gasteiger partial charge in [-0.2, -0.15) is 29.5 Å². The van der Waals surface area contributed by atoms with E-state index in [1.165, 1.54) is 18.2 Å². The first-order chi connectivity index (χ1) is 13.8. The number of hydrazine groups is 1. The van der Waals surface area contributed by atoms with Gasteiger partial charge in [0.05, 0.1) is 16.3 Å². The Kier molecular flexibility index (Phi) is 6.54. The second-order valence-corrected chi connectivity index (χ2v) is 10.1. The molecule has 2 rings (SSSR count). The Hall–Kier alpha value is -2.96. The highest BCUT2D eigenvalue weighted by Crippen LogP contribution is 2.28. The van der Waals surface area contributed by atoms with Gasteiger partial charge in [0.2, 0.25) is 0 Å². The number of nitrogen functional groups attached to an aromatic ring is 2. The zero-order chi connectivity index (χ0) is 22.7. The van der Waals surface area contributed by atoms with E-state index in [0.29, 0.717) is 12.1 Å². The van der Waals surface area contributed by atoms with Crippen LogP contribution in [0.1, 0.15) is 0 Å². The molecule has 0 spiro atoms. The first kappa shape index (κ1) is 23.3. The first-order valence-electron chi connectivity index (χ1n) is 7.45. The molecule has 0 aliphatic rings. The van der Waals surface area contributed by atoms with E-state index in [0.717, 1.165) is 12.1 Å². The Morgan fingerprint density at radius 2 is 1.40 bits per heavy atom. The van der Waals surface area contributed by atoms with Crippen molar-refractivity contribution in [2.75, 3.05) is 11.5 Å². The molecule has 0 unspecified atom stereocenters. The molecule has 0 saturated heterocycles. The van der Waals surface area contributed by atoms with Gasteiger partial charge in [0.1, 0.15) is 9.79 Å². The number of urea groups is 1. The molecule has 0 bridgehead atoms. The summed E-state index contributed by atoms with van der Waals surface area (Å²) in [7, 11) is -14.4. The van der Waals surface area contributed by atoms with E-state index in [-0.39, 0.29) is 5.69 Å². The molecule has 0 fully saturated rings. The van der Waals surface area contributed by atoms with Crippen LogP contribution in [-0.2, 0) is 38.3 Å². The van der Waals surface area contributed by atoms with Crippen LogP contribution in [0.4, 0.5) is 16.2 Å². The van der Waals surface area contributed by atoms with Crippen LogP contribution in [0.25, 0.3) is 0 Å². The Morgan fingerprint density at radius 3 is 1.97 bits per heavy atom. The van der Waals surface area contributed by atoms with E-state index in [2.05, 4.69) is 7.91 Å². The molecule has 2 amide bonds. The highest BCUT2D eigenvalue weighted by atomic mass is 32.3. The van der Waals surface area contributed by atoms with Gasteiger partial charge in [0.15, 0.2) is 0 Å². The van der Waals surface area contributed by atoms with Gasteiger partial charge in [-0.25, -0.2) is 10.2 Å². The molecule has 0 aliphatic heterocycles. The van der Waals surface area contributed by atoms with E-state index in [4.69, 9.17) is 17.2 Å². The molecule has 30 heavy (non-hydrogen) atoms. The summed E-state index contributed by atoms with van der Waals surface area (Å²) in [4.78, 5) is 8.45. The van der Waals surface area contributed by atoms with Crippen molar-refractivity contribution in [2.45, 2.75) is 14.7 Å². The molecule has 0 aliphatic carbocycles. The zero-order valence-corrected chi connectivity index (χ0v) is 17.1. The summed E-state index contributed by atoms with van der Waals surface area (Å²) in [6.45, 7) is 0. The second kappa shape index (κ2) is 8.42. The van der Waals surface area contributed by atoms with E-state index in [1.807, 2.05) is 0 Å². The number of nitrogens with one attached hydrogen (secondary N) is 2. The van der Waals surface area contributed by atoms with Crippen LogP contribution in [-0.4, -0.2) is 31.3 Å². The Labute approximate surface area is 171 Å². The summed E-state index contributed by atoms with van der Waals surface area (Å²) < 4.78 is 81.7. The maximum absolute atomic E-state index is 12.3. The fraction of sp³-hybridized carbons (Fsp3) is 0. The summed E-state index contributed by atoms with van der Waals surface area (Å²) in [6, 6.07) is 5.91. The van der Waals surface area contributed by atoms with Gasteiger partial charge in [-0.15, -0.1) is 3.63 Å². The van der Waals surface area contributed by atoms with Gasteiger partial charge < -0.3 is 17.2 Å². The summed E-state index contributed by atoms with van der Waals surface area (Å²) in [5, 5.41) is 0. The van der Waals surface area contributed by atoms with E-state index in [9.17, 15) is 30.0 Å². The number of hydrogen-bond acceptors (Lipinski definition) is 12. The van der Waals surface area contributed by atoms with E-state index in [1.54, 1.807) is 11.0 Å². The fourth-order valence-electron chi connectivity index (χ4n) is 1.98. The van der Waals surface area contributed by atoms with Crippen LogP contribution in [0.5, 0.6) is 0 Å². The van der Waals surface area contributed by atoms with Crippen LogP contribution < -0.4 is 28.2 Å². The number of anilines is 2. The van der Waals surface area contributed by atoms with Crippen molar-refractivity contribution >= 4 is 47.8 Å². The minimum Gasteiger partial charge on any atom is -0.398 e. The third-order valence-electron chi connectivity index (χ3n) is 3.23. The molecule has 164 valence electrons. The number of para-hydroxylation sites is 1. The Bertz CT molecular complexity index is 1290. The lowest BCUT2D eigenvalue weighted by molar-refractivity contribution is 0.161. The lowest BCUT2D eigenvalue weighted by atomic mass is 10.3. The molecule has 0 aromatic heterocycles. The maximum atomic E-state index is 12.3. The normalized spacial score (nSPS) is 12.4. The quantitative estimate of drug-likeness (QED) is 0.219. The molecule has 8 N–H and O–H groups in total. The highest BCUT2D eigenvalue weighted by Gasteiger charge is 2.30. The molecule has 2 aromatic carbocycles. The molecule has 0 saturated carbocycles. The largest absolute Gasteiger partial charge is 0.398 e. The minimum absolute atomic E-state index is 0.247. The summed E-state index contributed by atoms with van der Waals surface area (Å²) in [5.41, 5.74) is 18.1. The predicted octanol–water partition coefficient (Wildman–Crippen LogP) is -1.26. The molecule has 0 heterocycles. The highest BCUT2D eigenvalue weighted by molar-refractivity contribution is 8.00. The second-order valence-electron chi connectivity index (χ2n) is 5.34. The smallest absolute Gasteiger partial charge is 0.328 e. The molecule has 0 radical (unpaired) electrons. The summed E-state index contributed by atoms with van der Waals surface area (Å²) in [6.07, 6.45) is 0. The van der Waals surface area contributed by atoms with Gasteiger partial charge in [-0.1, -0.05) is 17.7 Å². The third-order valence-corrected chi connectivity index (χ3v) is 7.62. The van der Waals surface area contributed by atoms with Crippen LogP contribution in [0.15, 0.2) is 57.2 Å². The van der Waals surface area contributed by atoms with E-state index >= 15 is 0 Å². The van der Waals surface area contributed by atoms with Crippen molar-refractivity contribution < 1.29 is 38.0 Å². The number of hydrogen-bond donors (Lipinski definition) is 5. The Balaban J connectivity index is 2.33. The third kappa shape index (κ3) is 5.34. The molecule has 2 aromatic rings. The van der Waals surface area contributed by atoms with Crippen molar-refractivity contribution in [1.82, 2.24) is 11.0 Å². The van der Waals surface area contributed by atoms with Gasteiger partial charge in [-0.05, 0) is 30.3 Å². The predicted molar refractivity (Wildman–Crippen MR) is 101 cm³/mol. The SMILES string of the molecule is NC(=O)NNOS(=O)(=O)c1ccc(S(=O)(=O)OS(=O)(=O)c2ccccc2N)cc1N. The van der Waals surface area contributed by atoms with Crippen LogP contribution in [0, 0.1) is 0 Å². The maximum Gasteiger partial charge on any atom is 0.328 e. The van der Waals surface area contributed by atoms with Crippen molar-refractivity contribution in [3.05, 3.63) is 42.5 Å². The number of rotatable bonds is 8. The molecule has 14 nitrogen and oxygen atoms in total. The number of carbonyl (C=O) groups is 1. The van der Waals surface area contributed by atoms with Gasteiger partial charge >= 0.3 is 36.4 Å². The zero-order valence-electron chi connectivity index (χ0n) is 14.7. The number of benzene rings is 2. The number of primary amides is 1. The van der Waals surface area contributed by atoms with Crippen LogP contribution in [0.3, 0.4) is 0 Å². The van der Waals surface area contributed by atoms with Gasteiger partial charge in [-0.3, -0.25) is 0 Å². The average Bonchev–Trinajstić information content (AvgIpc) is 2.60. The Morgan fingerprint density at radius 1 is 0.800 bits per heavy atom. The van der Waals surface area contributed by atoms with Crippen LogP contribution >= 0.6 is 0 Å². The van der Waals surface area contributed by atoms with Crippen molar-refractivity contribution in [1.29, 1.82) is 0 Å². The van der Waals surface area contributed by atoms with Gasteiger partial charge in [0, 0.05) is 0 Å². The van der Waals surface area contributed by atoms with Crippen LogP contribution in [0.2, 0.25) is 0 Å². The van der Waals surface area contributed by atoms with Crippen molar-refractivity contribution in [3.8, 4) is 0 Å². The van der Waals surface area contributed by atoms with Crippen molar-refractivity contribution in [2.24, 2.45) is 5.73 Å². The standard InChI is InChI=1S/C13H15N5O9S3/c14-9-3-1-2-4-11(9)30(24,25)27-28(20,21)8-5-6-12(10(15)7-8)29(22,23)26-18-17-13(16)19/h1-7,18H,14-15H2,(H3,16,17,19). The van der Waals surface area contributed by atoms with E-state index < -0.39 is 56.8 Å². The fourth-order valence-corrected chi connectivity index (χ4v) is 5.46. The molecule has 17 heteroatoms. The average molecular weight is 481 g/mol. The molecular formula is C13H15N5O9S3. The number of amides is 2.